The Morgan fingerprint density at radius 2 is 1.68 bits per heavy atom. The molecule has 0 aliphatic carbocycles. The standard InChI is InChI=1S/C15H25NO3/c1-6-18-15(19-7-2)13(16)12-9-8-10(3)11(4)14(12)17-5/h8-9,13,15H,6-7,16H2,1-5H3. The van der Waals surface area contributed by atoms with E-state index >= 15 is 0 Å². The highest BCUT2D eigenvalue weighted by molar-refractivity contribution is 5.46. The second kappa shape index (κ2) is 7.48. The molecule has 0 aliphatic rings. The molecule has 0 heterocycles. The lowest BCUT2D eigenvalue weighted by Crippen LogP contribution is -2.32. The molecule has 1 unspecified atom stereocenters. The molecule has 4 heteroatoms. The average molecular weight is 267 g/mol. The van der Waals surface area contributed by atoms with Crippen molar-refractivity contribution in [2.45, 2.75) is 40.0 Å². The van der Waals surface area contributed by atoms with Crippen LogP contribution in [0.4, 0.5) is 0 Å². The maximum atomic E-state index is 6.28. The molecule has 1 aromatic carbocycles. The lowest BCUT2D eigenvalue weighted by molar-refractivity contribution is -0.149. The van der Waals surface area contributed by atoms with Crippen molar-refractivity contribution in [3.05, 3.63) is 28.8 Å². The Hall–Kier alpha value is -1.10. The van der Waals surface area contributed by atoms with E-state index in [0.717, 1.165) is 16.9 Å². The minimum Gasteiger partial charge on any atom is -0.496 e. The smallest absolute Gasteiger partial charge is 0.176 e. The number of benzene rings is 1. The van der Waals surface area contributed by atoms with Crippen molar-refractivity contribution in [3.8, 4) is 5.75 Å². The van der Waals surface area contributed by atoms with Crippen molar-refractivity contribution < 1.29 is 14.2 Å². The zero-order valence-electron chi connectivity index (χ0n) is 12.5. The second-order valence-electron chi connectivity index (χ2n) is 4.43. The van der Waals surface area contributed by atoms with E-state index in [-0.39, 0.29) is 6.04 Å². The van der Waals surface area contributed by atoms with Gasteiger partial charge in [-0.1, -0.05) is 12.1 Å². The number of methoxy groups -OCH3 is 1. The van der Waals surface area contributed by atoms with Crippen LogP contribution < -0.4 is 10.5 Å². The van der Waals surface area contributed by atoms with Gasteiger partial charge in [0.2, 0.25) is 0 Å². The number of nitrogens with two attached hydrogens (primary N) is 1. The summed E-state index contributed by atoms with van der Waals surface area (Å²) in [6.07, 6.45) is -0.453. The zero-order valence-corrected chi connectivity index (χ0v) is 12.5. The Bertz CT molecular complexity index is 401. The molecule has 0 saturated carbocycles. The van der Waals surface area contributed by atoms with Gasteiger partial charge in [0, 0.05) is 18.8 Å². The van der Waals surface area contributed by atoms with Crippen LogP contribution in [0.5, 0.6) is 5.75 Å². The first kappa shape index (κ1) is 16.0. The van der Waals surface area contributed by atoms with Crippen LogP contribution in [0.3, 0.4) is 0 Å². The van der Waals surface area contributed by atoms with Gasteiger partial charge in [0.1, 0.15) is 5.75 Å². The Labute approximate surface area is 115 Å². The fraction of sp³-hybridized carbons (Fsp3) is 0.600. The van der Waals surface area contributed by atoms with Gasteiger partial charge >= 0.3 is 0 Å². The van der Waals surface area contributed by atoms with Crippen molar-refractivity contribution in [2.24, 2.45) is 5.73 Å². The molecule has 19 heavy (non-hydrogen) atoms. The van der Waals surface area contributed by atoms with Crippen molar-refractivity contribution in [2.75, 3.05) is 20.3 Å². The van der Waals surface area contributed by atoms with Crippen LogP contribution in [0.15, 0.2) is 12.1 Å². The SMILES string of the molecule is CCOC(OCC)C(N)c1ccc(C)c(C)c1OC. The Kier molecular flexibility index (Phi) is 6.28. The largest absolute Gasteiger partial charge is 0.496 e. The van der Waals surface area contributed by atoms with Gasteiger partial charge in [-0.25, -0.2) is 0 Å². The van der Waals surface area contributed by atoms with E-state index in [1.807, 2.05) is 32.9 Å². The molecule has 0 radical (unpaired) electrons. The highest BCUT2D eigenvalue weighted by Gasteiger charge is 2.24. The lowest BCUT2D eigenvalue weighted by Gasteiger charge is -2.26. The van der Waals surface area contributed by atoms with E-state index in [9.17, 15) is 0 Å². The van der Waals surface area contributed by atoms with Gasteiger partial charge in [-0.3, -0.25) is 0 Å². The molecule has 0 aliphatic heterocycles. The summed E-state index contributed by atoms with van der Waals surface area (Å²) in [5, 5.41) is 0. The van der Waals surface area contributed by atoms with E-state index in [0.29, 0.717) is 13.2 Å². The minimum absolute atomic E-state index is 0.367. The molecule has 0 amide bonds. The third-order valence-electron chi connectivity index (χ3n) is 3.23. The van der Waals surface area contributed by atoms with Gasteiger partial charge in [0.25, 0.3) is 0 Å². The van der Waals surface area contributed by atoms with Crippen molar-refractivity contribution in [3.63, 3.8) is 0 Å². The Balaban J connectivity index is 3.09. The summed E-state index contributed by atoms with van der Waals surface area (Å²) in [6.45, 7) is 9.06. The van der Waals surface area contributed by atoms with E-state index in [4.69, 9.17) is 19.9 Å². The van der Waals surface area contributed by atoms with E-state index < -0.39 is 6.29 Å². The van der Waals surface area contributed by atoms with Gasteiger partial charge in [-0.15, -0.1) is 0 Å². The molecular weight excluding hydrogens is 242 g/mol. The molecule has 2 N–H and O–H groups in total. The molecule has 108 valence electrons. The molecule has 0 fully saturated rings. The van der Waals surface area contributed by atoms with Gasteiger partial charge in [-0.2, -0.15) is 0 Å². The fourth-order valence-corrected chi connectivity index (χ4v) is 2.08. The summed E-state index contributed by atoms with van der Waals surface area (Å²) in [4.78, 5) is 0. The van der Waals surface area contributed by atoms with Gasteiger partial charge in [0.15, 0.2) is 6.29 Å². The van der Waals surface area contributed by atoms with Gasteiger partial charge in [0.05, 0.1) is 13.2 Å². The zero-order chi connectivity index (χ0) is 14.4. The lowest BCUT2D eigenvalue weighted by atomic mass is 9.99. The number of aryl methyl sites for hydroxylation is 1. The van der Waals surface area contributed by atoms with Crippen LogP contribution in [0, 0.1) is 13.8 Å². The highest BCUT2D eigenvalue weighted by atomic mass is 16.7. The number of hydrogen-bond acceptors (Lipinski definition) is 4. The van der Waals surface area contributed by atoms with Crippen LogP contribution in [-0.4, -0.2) is 26.6 Å². The first-order valence-corrected chi connectivity index (χ1v) is 6.69. The second-order valence-corrected chi connectivity index (χ2v) is 4.43. The molecule has 0 aromatic heterocycles. The minimum atomic E-state index is -0.453. The average Bonchev–Trinajstić information content (AvgIpc) is 2.40. The monoisotopic (exact) mass is 267 g/mol. The summed E-state index contributed by atoms with van der Waals surface area (Å²) >= 11 is 0. The quantitative estimate of drug-likeness (QED) is 0.772. The highest BCUT2D eigenvalue weighted by Crippen LogP contribution is 2.32. The van der Waals surface area contributed by atoms with Crippen LogP contribution in [-0.2, 0) is 9.47 Å². The predicted molar refractivity (Wildman–Crippen MR) is 76.4 cm³/mol. The van der Waals surface area contributed by atoms with Crippen LogP contribution >= 0.6 is 0 Å². The van der Waals surface area contributed by atoms with E-state index in [1.54, 1.807) is 7.11 Å². The fourth-order valence-electron chi connectivity index (χ4n) is 2.08. The number of rotatable bonds is 7. The van der Waals surface area contributed by atoms with Crippen LogP contribution in [0.2, 0.25) is 0 Å². The van der Waals surface area contributed by atoms with Gasteiger partial charge < -0.3 is 19.9 Å². The molecule has 0 bridgehead atoms. The molecule has 1 rings (SSSR count). The Morgan fingerprint density at radius 3 is 2.16 bits per heavy atom. The van der Waals surface area contributed by atoms with E-state index in [2.05, 4.69) is 6.92 Å². The third kappa shape index (κ3) is 3.69. The topological polar surface area (TPSA) is 53.7 Å². The molecule has 0 spiro atoms. The maximum absolute atomic E-state index is 6.28. The molecule has 1 aromatic rings. The summed E-state index contributed by atoms with van der Waals surface area (Å²) < 4.78 is 16.6. The summed E-state index contributed by atoms with van der Waals surface area (Å²) in [5.41, 5.74) is 9.47. The van der Waals surface area contributed by atoms with Crippen molar-refractivity contribution >= 4 is 0 Å². The predicted octanol–water partition coefficient (Wildman–Crippen LogP) is 2.71. The summed E-state index contributed by atoms with van der Waals surface area (Å²) in [6, 6.07) is 3.66. The maximum Gasteiger partial charge on any atom is 0.176 e. The number of hydrogen-bond donors (Lipinski definition) is 1. The third-order valence-corrected chi connectivity index (χ3v) is 3.23. The van der Waals surface area contributed by atoms with Crippen molar-refractivity contribution in [1.29, 1.82) is 0 Å². The Morgan fingerprint density at radius 1 is 1.11 bits per heavy atom. The number of ether oxygens (including phenoxy) is 3. The van der Waals surface area contributed by atoms with Gasteiger partial charge in [-0.05, 0) is 38.8 Å². The van der Waals surface area contributed by atoms with E-state index in [1.165, 1.54) is 5.56 Å². The molecular formula is C15H25NO3. The summed E-state index contributed by atoms with van der Waals surface area (Å²) in [7, 11) is 1.66. The normalized spacial score (nSPS) is 12.8. The van der Waals surface area contributed by atoms with Crippen molar-refractivity contribution in [1.82, 2.24) is 0 Å². The van der Waals surface area contributed by atoms with Crippen LogP contribution in [0.1, 0.15) is 36.6 Å². The first-order valence-electron chi connectivity index (χ1n) is 6.69. The summed E-state index contributed by atoms with van der Waals surface area (Å²) in [5.74, 6) is 0.817. The molecule has 0 saturated heterocycles. The van der Waals surface area contributed by atoms with Crippen LogP contribution in [0.25, 0.3) is 0 Å². The first-order chi connectivity index (χ1) is 9.06. The molecule has 1 atom stereocenters. The molecule has 4 nitrogen and oxygen atoms in total.